The highest BCUT2D eigenvalue weighted by Crippen LogP contribution is 2.43. The second kappa shape index (κ2) is 5.44. The van der Waals surface area contributed by atoms with Crippen molar-refractivity contribution in [3.05, 3.63) is 0 Å². The van der Waals surface area contributed by atoms with Gasteiger partial charge in [-0.05, 0) is 33.6 Å². The molecule has 0 amide bonds. The van der Waals surface area contributed by atoms with Crippen LogP contribution in [0.2, 0.25) is 0 Å². The van der Waals surface area contributed by atoms with Crippen molar-refractivity contribution in [3.63, 3.8) is 0 Å². The lowest BCUT2D eigenvalue weighted by molar-refractivity contribution is -0.171. The zero-order valence-electron chi connectivity index (χ0n) is 13.2. The second-order valence-electron chi connectivity index (χ2n) is 7.07. The standard InChI is InChI=1S/C15H21F3O4/c1-7(6-15(16,17)18)9(19)8-10(20)13(2,3)12(22)14(4,5)11(8)21/h7-9,19H,6H2,1-5H3. The van der Waals surface area contributed by atoms with E-state index >= 15 is 0 Å². The van der Waals surface area contributed by atoms with Gasteiger partial charge in [-0.15, -0.1) is 0 Å². The maximum Gasteiger partial charge on any atom is 0.389 e. The van der Waals surface area contributed by atoms with Gasteiger partial charge in [0.2, 0.25) is 0 Å². The number of Topliss-reactive ketones (excluding diaryl/α,β-unsaturated/α-hetero) is 3. The van der Waals surface area contributed by atoms with E-state index in [1.807, 2.05) is 0 Å². The first-order valence-corrected chi connectivity index (χ1v) is 7.02. The zero-order valence-corrected chi connectivity index (χ0v) is 13.2. The first-order chi connectivity index (χ1) is 9.64. The van der Waals surface area contributed by atoms with E-state index in [4.69, 9.17) is 0 Å². The van der Waals surface area contributed by atoms with E-state index in [0.717, 1.165) is 6.92 Å². The predicted octanol–water partition coefficient (Wildman–Crippen LogP) is 2.33. The number of carbonyl (C=O) groups is 3. The molecular weight excluding hydrogens is 301 g/mol. The molecule has 2 unspecified atom stereocenters. The van der Waals surface area contributed by atoms with E-state index in [1.54, 1.807) is 0 Å². The molecule has 0 bridgehead atoms. The third-order valence-electron chi connectivity index (χ3n) is 4.41. The van der Waals surface area contributed by atoms with Crippen LogP contribution in [0.1, 0.15) is 41.0 Å². The van der Waals surface area contributed by atoms with Gasteiger partial charge in [0.15, 0.2) is 17.3 Å². The van der Waals surface area contributed by atoms with Crippen LogP contribution in [-0.4, -0.2) is 34.7 Å². The van der Waals surface area contributed by atoms with Crippen molar-refractivity contribution in [1.82, 2.24) is 0 Å². The first kappa shape index (κ1) is 18.8. The summed E-state index contributed by atoms with van der Waals surface area (Å²) < 4.78 is 37.4. The van der Waals surface area contributed by atoms with Crippen LogP contribution >= 0.6 is 0 Å². The molecule has 1 saturated carbocycles. The van der Waals surface area contributed by atoms with Crippen LogP contribution < -0.4 is 0 Å². The molecule has 1 rings (SSSR count). The topological polar surface area (TPSA) is 71.4 Å². The van der Waals surface area contributed by atoms with Gasteiger partial charge >= 0.3 is 6.18 Å². The fraction of sp³-hybridized carbons (Fsp3) is 0.800. The second-order valence-corrected chi connectivity index (χ2v) is 7.07. The highest BCUT2D eigenvalue weighted by molar-refractivity contribution is 6.28. The number of hydrogen-bond donors (Lipinski definition) is 1. The molecule has 126 valence electrons. The van der Waals surface area contributed by atoms with Crippen LogP contribution in [0, 0.1) is 22.7 Å². The summed E-state index contributed by atoms with van der Waals surface area (Å²) in [4.78, 5) is 37.0. The van der Waals surface area contributed by atoms with Gasteiger partial charge < -0.3 is 5.11 Å². The Labute approximate surface area is 127 Å². The van der Waals surface area contributed by atoms with Crippen molar-refractivity contribution < 1.29 is 32.7 Å². The van der Waals surface area contributed by atoms with E-state index < -0.39 is 58.7 Å². The zero-order chi connectivity index (χ0) is 17.7. The van der Waals surface area contributed by atoms with E-state index in [1.165, 1.54) is 27.7 Å². The van der Waals surface area contributed by atoms with Crippen LogP contribution in [0.25, 0.3) is 0 Å². The van der Waals surface area contributed by atoms with E-state index in [-0.39, 0.29) is 0 Å². The molecule has 0 aromatic carbocycles. The molecule has 2 atom stereocenters. The maximum absolute atomic E-state index is 12.5. The molecule has 4 nitrogen and oxygen atoms in total. The van der Waals surface area contributed by atoms with Crippen LogP contribution in [0.3, 0.4) is 0 Å². The van der Waals surface area contributed by atoms with Gasteiger partial charge in [0.05, 0.1) is 16.9 Å². The Bertz CT molecular complexity index is 475. The van der Waals surface area contributed by atoms with Gasteiger partial charge in [-0.25, -0.2) is 0 Å². The lowest BCUT2D eigenvalue weighted by atomic mass is 9.57. The number of halogens is 3. The van der Waals surface area contributed by atoms with Crippen molar-refractivity contribution in [2.75, 3.05) is 0 Å². The van der Waals surface area contributed by atoms with Crippen molar-refractivity contribution in [2.45, 2.75) is 53.3 Å². The molecule has 1 fully saturated rings. The number of alkyl halides is 3. The summed E-state index contributed by atoms with van der Waals surface area (Å²) >= 11 is 0. The van der Waals surface area contributed by atoms with Crippen LogP contribution in [0.4, 0.5) is 13.2 Å². The Morgan fingerprint density at radius 1 is 1.05 bits per heavy atom. The van der Waals surface area contributed by atoms with E-state index in [2.05, 4.69) is 0 Å². The molecule has 0 saturated heterocycles. The predicted molar refractivity (Wildman–Crippen MR) is 71.9 cm³/mol. The number of hydrogen-bond acceptors (Lipinski definition) is 4. The molecule has 0 aromatic rings. The minimum absolute atomic E-state index is 0.582. The summed E-state index contributed by atoms with van der Waals surface area (Å²) in [6.45, 7) is 6.47. The summed E-state index contributed by atoms with van der Waals surface area (Å²) in [5.74, 6) is -5.15. The van der Waals surface area contributed by atoms with E-state index in [9.17, 15) is 32.7 Å². The Morgan fingerprint density at radius 2 is 1.41 bits per heavy atom. The molecule has 1 aliphatic rings. The third-order valence-corrected chi connectivity index (χ3v) is 4.41. The fourth-order valence-corrected chi connectivity index (χ4v) is 3.03. The van der Waals surface area contributed by atoms with Gasteiger partial charge in [-0.1, -0.05) is 6.92 Å². The maximum atomic E-state index is 12.5. The Hall–Kier alpha value is -1.24. The summed E-state index contributed by atoms with van der Waals surface area (Å²) in [5.41, 5.74) is -3.03. The van der Waals surface area contributed by atoms with Crippen molar-refractivity contribution in [1.29, 1.82) is 0 Å². The number of aliphatic hydroxyl groups excluding tert-OH is 1. The molecular formula is C15H21F3O4. The average molecular weight is 322 g/mol. The smallest absolute Gasteiger partial charge is 0.389 e. The quantitative estimate of drug-likeness (QED) is 0.810. The minimum atomic E-state index is -4.51. The molecule has 0 radical (unpaired) electrons. The van der Waals surface area contributed by atoms with Gasteiger partial charge in [-0.3, -0.25) is 14.4 Å². The number of carbonyl (C=O) groups excluding carboxylic acids is 3. The lowest BCUT2D eigenvalue weighted by Gasteiger charge is -2.42. The van der Waals surface area contributed by atoms with Gasteiger partial charge in [0.1, 0.15) is 5.92 Å². The Morgan fingerprint density at radius 3 is 1.73 bits per heavy atom. The highest BCUT2D eigenvalue weighted by atomic mass is 19.4. The van der Waals surface area contributed by atoms with Gasteiger partial charge in [0.25, 0.3) is 0 Å². The largest absolute Gasteiger partial charge is 0.392 e. The average Bonchev–Trinajstić information content (AvgIpc) is 2.33. The number of aliphatic hydroxyl groups is 1. The van der Waals surface area contributed by atoms with Crippen molar-refractivity contribution in [3.8, 4) is 0 Å². The fourth-order valence-electron chi connectivity index (χ4n) is 3.03. The molecule has 0 aromatic heterocycles. The lowest BCUT2D eigenvalue weighted by Crippen LogP contribution is -2.60. The molecule has 7 heteroatoms. The Kier molecular flexibility index (Phi) is 4.65. The van der Waals surface area contributed by atoms with Crippen LogP contribution in [0.5, 0.6) is 0 Å². The monoisotopic (exact) mass is 322 g/mol. The molecule has 22 heavy (non-hydrogen) atoms. The summed E-state index contributed by atoms with van der Waals surface area (Å²) in [6.07, 6.45) is -7.59. The molecule has 1 aliphatic carbocycles. The van der Waals surface area contributed by atoms with Crippen LogP contribution in [-0.2, 0) is 14.4 Å². The van der Waals surface area contributed by atoms with Crippen molar-refractivity contribution in [2.24, 2.45) is 22.7 Å². The van der Waals surface area contributed by atoms with E-state index in [0.29, 0.717) is 0 Å². The minimum Gasteiger partial charge on any atom is -0.392 e. The molecule has 0 heterocycles. The van der Waals surface area contributed by atoms with Gasteiger partial charge in [0, 0.05) is 6.42 Å². The molecule has 0 aliphatic heterocycles. The SMILES string of the molecule is CC(CC(F)(F)F)C(O)C1C(=O)C(C)(C)C(=O)C(C)(C)C1=O. The summed E-state index contributed by atoms with van der Waals surface area (Å²) in [5, 5.41) is 10.1. The molecule has 1 N–H and O–H groups in total. The third kappa shape index (κ3) is 3.09. The van der Waals surface area contributed by atoms with Crippen LogP contribution in [0.15, 0.2) is 0 Å². The highest BCUT2D eigenvalue weighted by Gasteiger charge is 2.60. The Balaban J connectivity index is 3.19. The van der Waals surface area contributed by atoms with Crippen molar-refractivity contribution >= 4 is 17.3 Å². The first-order valence-electron chi connectivity index (χ1n) is 7.02. The number of ketones is 3. The molecule has 0 spiro atoms. The summed E-state index contributed by atoms with van der Waals surface area (Å²) in [6, 6.07) is 0. The normalized spacial score (nSPS) is 25.2. The van der Waals surface area contributed by atoms with Gasteiger partial charge in [-0.2, -0.15) is 13.2 Å². The summed E-state index contributed by atoms with van der Waals surface area (Å²) in [7, 11) is 0. The number of rotatable bonds is 3.